The summed E-state index contributed by atoms with van der Waals surface area (Å²) >= 11 is 0. The zero-order chi connectivity index (χ0) is 20.6. The van der Waals surface area contributed by atoms with Crippen LogP contribution in [0.5, 0.6) is 0 Å². The van der Waals surface area contributed by atoms with Crippen LogP contribution in [0.1, 0.15) is 29.5 Å². The van der Waals surface area contributed by atoms with Crippen LogP contribution in [0.15, 0.2) is 57.8 Å². The Morgan fingerprint density at radius 3 is 2.43 bits per heavy atom. The van der Waals surface area contributed by atoms with E-state index in [1.807, 2.05) is 31.2 Å². The fourth-order valence-electron chi connectivity index (χ4n) is 3.46. The molecule has 7 nitrogen and oxygen atoms in total. The maximum atomic E-state index is 13.0. The minimum atomic E-state index is -0.653. The van der Waals surface area contributed by atoms with E-state index in [0.717, 1.165) is 15.7 Å². The summed E-state index contributed by atoms with van der Waals surface area (Å²) < 4.78 is 7.72. The van der Waals surface area contributed by atoms with Gasteiger partial charge in [-0.3, -0.25) is 13.9 Å². The molecule has 0 saturated carbocycles. The van der Waals surface area contributed by atoms with Crippen LogP contribution in [0, 0.1) is 6.92 Å². The van der Waals surface area contributed by atoms with Gasteiger partial charge in [0.1, 0.15) is 12.4 Å². The topological polar surface area (TPSA) is 82.3 Å². The van der Waals surface area contributed by atoms with Gasteiger partial charge in [0.05, 0.1) is 17.1 Å². The van der Waals surface area contributed by atoms with Crippen LogP contribution < -0.4 is 16.6 Å². The van der Waals surface area contributed by atoms with Crippen molar-refractivity contribution in [3.63, 3.8) is 0 Å². The second-order valence-corrected chi connectivity index (χ2v) is 6.86. The third-order valence-electron chi connectivity index (χ3n) is 4.95. The van der Waals surface area contributed by atoms with E-state index >= 15 is 0 Å². The first-order chi connectivity index (χ1) is 13.3. The maximum Gasteiger partial charge on any atom is 0.337 e. The molecule has 146 valence electrons. The van der Waals surface area contributed by atoms with Crippen LogP contribution in [0.25, 0.3) is 0 Å². The summed E-state index contributed by atoms with van der Waals surface area (Å²) in [6.07, 6.45) is 1.49. The largest absolute Gasteiger partial charge is 0.458 e. The second kappa shape index (κ2) is 7.34. The van der Waals surface area contributed by atoms with Gasteiger partial charge in [0, 0.05) is 19.8 Å². The second-order valence-electron chi connectivity index (χ2n) is 6.86. The molecule has 0 saturated heterocycles. The van der Waals surface area contributed by atoms with Gasteiger partial charge in [0.15, 0.2) is 0 Å². The molecule has 1 atom stereocenters. The number of esters is 1. The van der Waals surface area contributed by atoms with Crippen molar-refractivity contribution < 1.29 is 9.53 Å². The molecule has 0 unspecified atom stereocenters. The highest BCUT2D eigenvalue weighted by Gasteiger charge is 2.37. The van der Waals surface area contributed by atoms with Gasteiger partial charge < -0.3 is 10.1 Å². The molecule has 2 aromatic rings. The number of carbonyl (C=O) groups excluding carboxylic acids is 1. The van der Waals surface area contributed by atoms with Crippen molar-refractivity contribution in [3.8, 4) is 0 Å². The molecule has 1 aliphatic rings. The molecule has 0 amide bonds. The predicted octanol–water partition coefficient (Wildman–Crippen LogP) is 1.95. The minimum Gasteiger partial charge on any atom is -0.458 e. The number of ether oxygens (including phenoxy) is 1. The normalized spacial score (nSPS) is 15.6. The van der Waals surface area contributed by atoms with Crippen LogP contribution in [-0.4, -0.2) is 21.7 Å². The Morgan fingerprint density at radius 2 is 1.82 bits per heavy atom. The van der Waals surface area contributed by atoms with Crippen LogP contribution in [0.3, 0.4) is 0 Å². The van der Waals surface area contributed by atoms with Gasteiger partial charge in [0.25, 0.3) is 5.56 Å². The van der Waals surface area contributed by atoms with Crippen LogP contribution >= 0.6 is 0 Å². The molecule has 0 fully saturated rings. The van der Waals surface area contributed by atoms with E-state index in [1.165, 1.54) is 17.7 Å². The lowest BCUT2D eigenvalue weighted by molar-refractivity contribution is -0.138. The summed E-state index contributed by atoms with van der Waals surface area (Å²) in [6.45, 7) is 7.32. The number of benzene rings is 1. The molecule has 1 N–H and O–H groups in total. The van der Waals surface area contributed by atoms with Crippen LogP contribution in [0.2, 0.25) is 0 Å². The lowest BCUT2D eigenvalue weighted by Gasteiger charge is -2.30. The molecule has 3 rings (SSSR count). The third-order valence-corrected chi connectivity index (χ3v) is 4.95. The molecular weight excluding hydrogens is 358 g/mol. The first kappa shape index (κ1) is 19.4. The lowest BCUT2D eigenvalue weighted by Crippen LogP contribution is -2.43. The molecule has 0 aliphatic carbocycles. The predicted molar refractivity (Wildman–Crippen MR) is 107 cm³/mol. The maximum absolute atomic E-state index is 13.0. The summed E-state index contributed by atoms with van der Waals surface area (Å²) in [5, 5.41) is 3.06. The minimum absolute atomic E-state index is 0.0639. The molecule has 0 spiro atoms. The number of aromatic nitrogens is 2. The van der Waals surface area contributed by atoms with Gasteiger partial charge in [-0.05, 0) is 19.4 Å². The molecule has 7 heteroatoms. The van der Waals surface area contributed by atoms with E-state index in [-0.39, 0.29) is 6.61 Å². The van der Waals surface area contributed by atoms with E-state index < -0.39 is 23.1 Å². The Bertz CT molecular complexity index is 1100. The monoisotopic (exact) mass is 381 g/mol. The molecule has 0 radical (unpaired) electrons. The van der Waals surface area contributed by atoms with Gasteiger partial charge in [0.2, 0.25) is 0 Å². The van der Waals surface area contributed by atoms with Crippen molar-refractivity contribution in [3.05, 3.63) is 85.7 Å². The standard InChI is InChI=1S/C21H23N3O4/c1-6-11-28-20(26)15-13(3)22-18-17(19(25)24(5)21(27)23(18)4)16(15)14-9-7-12(2)8-10-14/h6-10,16,22H,1,11H2,2-5H3/t16-/m1/s1. The highest BCUT2D eigenvalue weighted by Crippen LogP contribution is 2.39. The van der Waals surface area contributed by atoms with Crippen molar-refractivity contribution in [2.45, 2.75) is 19.8 Å². The summed E-state index contributed by atoms with van der Waals surface area (Å²) in [5.41, 5.74) is 2.16. The number of aryl methyl sites for hydroxylation is 1. The van der Waals surface area contributed by atoms with Crippen molar-refractivity contribution in [1.82, 2.24) is 9.13 Å². The smallest absolute Gasteiger partial charge is 0.337 e. The zero-order valence-corrected chi connectivity index (χ0v) is 16.4. The first-order valence-electron chi connectivity index (χ1n) is 8.90. The average Bonchev–Trinajstić information content (AvgIpc) is 2.68. The summed E-state index contributed by atoms with van der Waals surface area (Å²) in [5.74, 6) is -0.798. The number of fused-ring (bicyclic) bond motifs is 1. The number of nitrogens with one attached hydrogen (secondary N) is 1. The number of hydrogen-bond acceptors (Lipinski definition) is 5. The first-order valence-corrected chi connectivity index (χ1v) is 8.90. The Labute approximate surface area is 162 Å². The Morgan fingerprint density at radius 1 is 1.18 bits per heavy atom. The average molecular weight is 381 g/mol. The van der Waals surface area contributed by atoms with Crippen molar-refractivity contribution in [1.29, 1.82) is 0 Å². The highest BCUT2D eigenvalue weighted by molar-refractivity contribution is 5.94. The molecule has 1 aromatic heterocycles. The Balaban J connectivity index is 2.33. The molecule has 1 aliphatic heterocycles. The fraction of sp³-hybridized carbons (Fsp3) is 0.286. The molecule has 28 heavy (non-hydrogen) atoms. The number of carbonyl (C=O) groups is 1. The summed E-state index contributed by atoms with van der Waals surface area (Å²) in [7, 11) is 3.02. The Hall–Kier alpha value is -3.35. The number of nitrogens with zero attached hydrogens (tertiary/aromatic N) is 2. The van der Waals surface area contributed by atoms with Gasteiger partial charge in [-0.25, -0.2) is 9.59 Å². The summed E-state index contributed by atoms with van der Waals surface area (Å²) in [6, 6.07) is 7.61. The van der Waals surface area contributed by atoms with Gasteiger partial charge in [-0.1, -0.05) is 42.5 Å². The number of allylic oxidation sites excluding steroid dienone is 1. The molecule has 2 heterocycles. The SMILES string of the molecule is C=CCOC(=O)C1=C(C)Nc2c(c(=O)n(C)c(=O)n2C)[C@@H]1c1ccc(C)cc1. The highest BCUT2D eigenvalue weighted by atomic mass is 16.5. The van der Waals surface area contributed by atoms with Crippen LogP contribution in [-0.2, 0) is 23.6 Å². The van der Waals surface area contributed by atoms with E-state index in [0.29, 0.717) is 22.7 Å². The van der Waals surface area contributed by atoms with E-state index in [4.69, 9.17) is 4.74 Å². The van der Waals surface area contributed by atoms with Gasteiger partial charge in [-0.15, -0.1) is 0 Å². The van der Waals surface area contributed by atoms with Gasteiger partial charge >= 0.3 is 11.7 Å². The van der Waals surface area contributed by atoms with Crippen molar-refractivity contribution in [2.24, 2.45) is 14.1 Å². The number of hydrogen-bond donors (Lipinski definition) is 1. The van der Waals surface area contributed by atoms with Crippen molar-refractivity contribution >= 4 is 11.8 Å². The quantitative estimate of drug-likeness (QED) is 0.647. The lowest BCUT2D eigenvalue weighted by atomic mass is 9.82. The van der Waals surface area contributed by atoms with E-state index in [9.17, 15) is 14.4 Å². The van der Waals surface area contributed by atoms with Gasteiger partial charge in [-0.2, -0.15) is 0 Å². The fourth-order valence-corrected chi connectivity index (χ4v) is 3.46. The molecule has 0 bridgehead atoms. The summed E-state index contributed by atoms with van der Waals surface area (Å²) in [4.78, 5) is 38.3. The molecule has 1 aromatic carbocycles. The van der Waals surface area contributed by atoms with E-state index in [2.05, 4.69) is 11.9 Å². The Kier molecular flexibility index (Phi) is 5.09. The zero-order valence-electron chi connectivity index (χ0n) is 16.4. The third kappa shape index (κ3) is 3.09. The number of rotatable bonds is 4. The van der Waals surface area contributed by atoms with Crippen LogP contribution in [0.4, 0.5) is 5.82 Å². The number of anilines is 1. The van der Waals surface area contributed by atoms with Crippen molar-refractivity contribution in [2.75, 3.05) is 11.9 Å². The molecular formula is C21H23N3O4. The van der Waals surface area contributed by atoms with E-state index in [1.54, 1.807) is 14.0 Å².